The van der Waals surface area contributed by atoms with Crippen molar-refractivity contribution in [2.75, 3.05) is 20.3 Å². The first-order valence-corrected chi connectivity index (χ1v) is 9.26. The number of carbonyl (C=O) groups is 2. The molecule has 0 bridgehead atoms. The summed E-state index contributed by atoms with van der Waals surface area (Å²) in [6, 6.07) is 7.92. The van der Waals surface area contributed by atoms with Crippen LogP contribution >= 0.6 is 11.3 Å². The van der Waals surface area contributed by atoms with E-state index >= 15 is 0 Å². The molecule has 25 heavy (non-hydrogen) atoms. The van der Waals surface area contributed by atoms with E-state index in [0.29, 0.717) is 19.6 Å². The number of aromatic nitrogens is 1. The minimum atomic E-state index is -0.168. The second-order valence-electron chi connectivity index (χ2n) is 5.66. The van der Waals surface area contributed by atoms with Crippen molar-refractivity contribution in [1.82, 2.24) is 10.3 Å². The maximum Gasteiger partial charge on any atom is 0.305 e. The number of hydrogen-bond donors (Lipinski definition) is 1. The van der Waals surface area contributed by atoms with Gasteiger partial charge in [0, 0.05) is 13.0 Å². The van der Waals surface area contributed by atoms with E-state index in [1.54, 1.807) is 11.3 Å². The highest BCUT2D eigenvalue weighted by Gasteiger charge is 2.05. The largest absolute Gasteiger partial charge is 0.469 e. The molecule has 0 aliphatic carbocycles. The van der Waals surface area contributed by atoms with Gasteiger partial charge < -0.3 is 14.8 Å². The molecule has 0 radical (unpaired) electrons. The number of ether oxygens (including phenoxy) is 2. The van der Waals surface area contributed by atoms with Crippen LogP contribution in [0.1, 0.15) is 37.1 Å². The van der Waals surface area contributed by atoms with Gasteiger partial charge in [-0.15, -0.1) is 11.3 Å². The molecule has 136 valence electrons. The van der Waals surface area contributed by atoms with Crippen molar-refractivity contribution >= 4 is 33.4 Å². The Balaban J connectivity index is 1.50. The third-order valence-electron chi connectivity index (χ3n) is 3.65. The number of unbranched alkanes of at least 4 members (excludes halogenated alkanes) is 3. The van der Waals surface area contributed by atoms with E-state index in [1.807, 2.05) is 24.3 Å². The van der Waals surface area contributed by atoms with Gasteiger partial charge in [0.05, 0.1) is 23.9 Å². The lowest BCUT2D eigenvalue weighted by molar-refractivity contribution is -0.140. The third-order valence-corrected chi connectivity index (χ3v) is 4.66. The Morgan fingerprint density at radius 1 is 1.16 bits per heavy atom. The molecule has 0 aliphatic rings. The minimum absolute atomic E-state index is 0.0399. The molecule has 1 N–H and O–H groups in total. The molecule has 2 rings (SSSR count). The summed E-state index contributed by atoms with van der Waals surface area (Å²) in [6.07, 6.45) is 4.11. The predicted octanol–water partition coefficient (Wildman–Crippen LogP) is 3.05. The summed E-state index contributed by atoms with van der Waals surface area (Å²) in [5, 5.41) is 3.71. The fourth-order valence-electron chi connectivity index (χ4n) is 2.34. The number of methoxy groups -OCH3 is 1. The van der Waals surface area contributed by atoms with Crippen molar-refractivity contribution in [2.45, 2.75) is 38.7 Å². The van der Waals surface area contributed by atoms with Gasteiger partial charge in [-0.05, 0) is 25.0 Å². The van der Waals surface area contributed by atoms with Crippen LogP contribution in [0.15, 0.2) is 24.3 Å². The summed E-state index contributed by atoms with van der Waals surface area (Å²) < 4.78 is 11.1. The van der Waals surface area contributed by atoms with Gasteiger partial charge >= 0.3 is 5.97 Å². The van der Waals surface area contributed by atoms with Crippen LogP contribution in [0.2, 0.25) is 0 Å². The van der Waals surface area contributed by atoms with Crippen LogP contribution < -0.4 is 5.32 Å². The van der Waals surface area contributed by atoms with Gasteiger partial charge in [-0.3, -0.25) is 9.59 Å². The highest BCUT2D eigenvalue weighted by Crippen LogP contribution is 2.21. The van der Waals surface area contributed by atoms with Gasteiger partial charge in [-0.25, -0.2) is 4.98 Å². The van der Waals surface area contributed by atoms with Crippen LogP contribution in [-0.2, 0) is 25.7 Å². The Labute approximate surface area is 151 Å². The lowest BCUT2D eigenvalue weighted by Crippen LogP contribution is -2.28. The summed E-state index contributed by atoms with van der Waals surface area (Å²) in [5.41, 5.74) is 0.961. The zero-order valence-electron chi connectivity index (χ0n) is 14.5. The van der Waals surface area contributed by atoms with Crippen LogP contribution in [-0.4, -0.2) is 37.1 Å². The SMILES string of the molecule is COC(=O)CCCCCCNC(=O)COCc1nc2ccccc2s1. The van der Waals surface area contributed by atoms with Crippen molar-refractivity contribution in [3.05, 3.63) is 29.3 Å². The van der Waals surface area contributed by atoms with Crippen molar-refractivity contribution < 1.29 is 19.1 Å². The number of carbonyl (C=O) groups excluding carboxylic acids is 2. The number of esters is 1. The average Bonchev–Trinajstić information content (AvgIpc) is 3.03. The van der Waals surface area contributed by atoms with Gasteiger partial charge in [-0.2, -0.15) is 0 Å². The highest BCUT2D eigenvalue weighted by molar-refractivity contribution is 7.18. The number of rotatable bonds is 11. The van der Waals surface area contributed by atoms with E-state index in [9.17, 15) is 9.59 Å². The summed E-state index contributed by atoms with van der Waals surface area (Å²) in [5.74, 6) is -0.283. The lowest BCUT2D eigenvalue weighted by Gasteiger charge is -2.05. The Morgan fingerprint density at radius 2 is 1.96 bits per heavy atom. The maximum atomic E-state index is 11.7. The first kappa shape index (κ1) is 19.3. The predicted molar refractivity (Wildman–Crippen MR) is 97.4 cm³/mol. The number of hydrogen-bond acceptors (Lipinski definition) is 6. The highest BCUT2D eigenvalue weighted by atomic mass is 32.1. The van der Waals surface area contributed by atoms with Gasteiger partial charge in [0.25, 0.3) is 0 Å². The van der Waals surface area contributed by atoms with Crippen LogP contribution in [0.3, 0.4) is 0 Å². The lowest BCUT2D eigenvalue weighted by atomic mass is 10.1. The number of nitrogens with zero attached hydrogens (tertiary/aromatic N) is 1. The molecule has 1 amide bonds. The molecule has 0 fully saturated rings. The van der Waals surface area contributed by atoms with E-state index in [-0.39, 0.29) is 18.5 Å². The number of fused-ring (bicyclic) bond motifs is 1. The van der Waals surface area contributed by atoms with Crippen LogP contribution in [0.5, 0.6) is 0 Å². The van der Waals surface area contributed by atoms with E-state index in [1.165, 1.54) is 7.11 Å². The Morgan fingerprint density at radius 3 is 2.76 bits per heavy atom. The molecule has 0 atom stereocenters. The van der Waals surface area contributed by atoms with Gasteiger partial charge in [0.15, 0.2) is 0 Å². The minimum Gasteiger partial charge on any atom is -0.469 e. The number of amides is 1. The zero-order valence-corrected chi connectivity index (χ0v) is 15.3. The second kappa shape index (κ2) is 10.8. The molecule has 0 saturated carbocycles. The summed E-state index contributed by atoms with van der Waals surface area (Å²) in [6.45, 7) is 1.01. The monoisotopic (exact) mass is 364 g/mol. The molecule has 1 heterocycles. The second-order valence-corrected chi connectivity index (χ2v) is 6.77. The van der Waals surface area contributed by atoms with E-state index in [0.717, 1.165) is 40.9 Å². The van der Waals surface area contributed by atoms with E-state index < -0.39 is 0 Å². The van der Waals surface area contributed by atoms with Crippen molar-refractivity contribution in [2.24, 2.45) is 0 Å². The molecule has 0 saturated heterocycles. The van der Waals surface area contributed by atoms with Gasteiger partial charge in [0.2, 0.25) is 5.91 Å². The first-order chi connectivity index (χ1) is 12.2. The Hall–Kier alpha value is -1.99. The number of thiazole rings is 1. The van der Waals surface area contributed by atoms with Crippen molar-refractivity contribution in [3.8, 4) is 0 Å². The molecule has 2 aromatic rings. The quantitative estimate of drug-likeness (QED) is 0.490. The third kappa shape index (κ3) is 7.19. The summed E-state index contributed by atoms with van der Waals surface area (Å²) >= 11 is 1.58. The smallest absolute Gasteiger partial charge is 0.305 e. The molecule has 0 unspecified atom stereocenters. The molecule has 7 heteroatoms. The number of benzene rings is 1. The van der Waals surface area contributed by atoms with Gasteiger partial charge in [0.1, 0.15) is 11.6 Å². The van der Waals surface area contributed by atoms with Crippen LogP contribution in [0, 0.1) is 0 Å². The fourth-order valence-corrected chi connectivity index (χ4v) is 3.25. The Kier molecular flexibility index (Phi) is 8.34. The van der Waals surface area contributed by atoms with Gasteiger partial charge in [-0.1, -0.05) is 25.0 Å². The summed E-state index contributed by atoms with van der Waals surface area (Å²) in [4.78, 5) is 27.1. The normalized spacial score (nSPS) is 10.8. The number of nitrogens with one attached hydrogen (secondary N) is 1. The topological polar surface area (TPSA) is 77.5 Å². The molecular formula is C18H24N2O4S. The molecular weight excluding hydrogens is 340 g/mol. The molecule has 1 aromatic carbocycles. The fraction of sp³-hybridized carbons (Fsp3) is 0.500. The average molecular weight is 364 g/mol. The van der Waals surface area contributed by atoms with Crippen molar-refractivity contribution in [3.63, 3.8) is 0 Å². The number of para-hydroxylation sites is 1. The zero-order chi connectivity index (χ0) is 17.9. The standard InChI is InChI=1S/C18H24N2O4S/c1-23-18(22)10-4-2-3-7-11-19-16(21)12-24-13-17-20-14-8-5-6-9-15(14)25-17/h5-6,8-9H,2-4,7,10-13H2,1H3,(H,19,21). The molecule has 0 spiro atoms. The van der Waals surface area contributed by atoms with Crippen LogP contribution in [0.4, 0.5) is 0 Å². The Bertz CT molecular complexity index is 654. The molecule has 0 aliphatic heterocycles. The molecule has 1 aromatic heterocycles. The maximum absolute atomic E-state index is 11.7. The van der Waals surface area contributed by atoms with E-state index in [2.05, 4.69) is 15.0 Å². The van der Waals surface area contributed by atoms with E-state index in [4.69, 9.17) is 4.74 Å². The van der Waals surface area contributed by atoms with Crippen molar-refractivity contribution in [1.29, 1.82) is 0 Å². The summed E-state index contributed by atoms with van der Waals surface area (Å²) in [7, 11) is 1.40. The molecule has 6 nitrogen and oxygen atoms in total. The van der Waals surface area contributed by atoms with Crippen LogP contribution in [0.25, 0.3) is 10.2 Å². The first-order valence-electron chi connectivity index (χ1n) is 8.44.